The molecule has 1 atom stereocenters. The van der Waals surface area contributed by atoms with E-state index in [9.17, 15) is 0 Å². The van der Waals surface area contributed by atoms with Crippen LogP contribution >= 0.6 is 0 Å². The predicted octanol–water partition coefficient (Wildman–Crippen LogP) is 2.31. The first-order valence-electron chi connectivity index (χ1n) is 7.33. The Kier molecular flexibility index (Phi) is 5.31. The van der Waals surface area contributed by atoms with Crippen molar-refractivity contribution in [2.24, 2.45) is 0 Å². The van der Waals surface area contributed by atoms with Gasteiger partial charge in [-0.25, -0.2) is 4.98 Å². The number of rotatable bonds is 5. The quantitative estimate of drug-likeness (QED) is 0.896. The van der Waals surface area contributed by atoms with E-state index in [1.54, 1.807) is 12.4 Å². The Hall–Kier alpha value is -1.20. The van der Waals surface area contributed by atoms with Crippen LogP contribution in [0.4, 0.5) is 0 Å². The van der Waals surface area contributed by atoms with Gasteiger partial charge in [-0.1, -0.05) is 0 Å². The molecule has 0 bridgehead atoms. The van der Waals surface area contributed by atoms with Gasteiger partial charge in [0.1, 0.15) is 6.61 Å². The lowest BCUT2D eigenvalue weighted by molar-refractivity contribution is -0.0120. The van der Waals surface area contributed by atoms with Gasteiger partial charge in [-0.3, -0.25) is 4.98 Å². The number of hydrogen-bond donors (Lipinski definition) is 1. The lowest BCUT2D eigenvalue weighted by Crippen LogP contribution is -2.35. The summed E-state index contributed by atoms with van der Waals surface area (Å²) in [6.07, 6.45) is 7.06. The van der Waals surface area contributed by atoms with Crippen molar-refractivity contribution in [1.29, 1.82) is 0 Å². The number of hydrogen-bond acceptors (Lipinski definition) is 5. The molecule has 1 N–H and O–H groups in total. The van der Waals surface area contributed by atoms with E-state index in [-0.39, 0.29) is 11.6 Å². The number of nitrogens with one attached hydrogen (secondary N) is 1. The maximum absolute atomic E-state index is 5.69. The average molecular weight is 279 g/mol. The summed E-state index contributed by atoms with van der Waals surface area (Å²) in [6, 6.07) is 0. The zero-order valence-corrected chi connectivity index (χ0v) is 12.7. The molecule has 20 heavy (non-hydrogen) atoms. The van der Waals surface area contributed by atoms with E-state index >= 15 is 0 Å². The summed E-state index contributed by atoms with van der Waals surface area (Å²) in [5.41, 5.74) is 0.955. The Balaban J connectivity index is 1.82. The minimum Gasteiger partial charge on any atom is -0.474 e. The largest absolute Gasteiger partial charge is 0.474 e. The summed E-state index contributed by atoms with van der Waals surface area (Å²) in [7, 11) is 0. The molecule has 1 saturated heterocycles. The van der Waals surface area contributed by atoms with E-state index in [1.165, 1.54) is 6.42 Å². The molecule has 0 aromatic carbocycles. The highest BCUT2D eigenvalue weighted by Crippen LogP contribution is 2.14. The van der Waals surface area contributed by atoms with Crippen LogP contribution in [-0.4, -0.2) is 34.8 Å². The second kappa shape index (κ2) is 6.99. The zero-order chi connectivity index (χ0) is 14.4. The monoisotopic (exact) mass is 279 g/mol. The van der Waals surface area contributed by atoms with E-state index in [0.717, 1.165) is 25.1 Å². The molecule has 5 nitrogen and oxygen atoms in total. The molecule has 0 radical (unpaired) electrons. The topological polar surface area (TPSA) is 56.3 Å². The summed E-state index contributed by atoms with van der Waals surface area (Å²) < 4.78 is 11.3. The molecule has 0 amide bonds. The van der Waals surface area contributed by atoms with Gasteiger partial charge in [-0.05, 0) is 40.0 Å². The first-order valence-corrected chi connectivity index (χ1v) is 7.33. The fourth-order valence-electron chi connectivity index (χ4n) is 2.01. The Labute approximate surface area is 121 Å². The summed E-state index contributed by atoms with van der Waals surface area (Å²) >= 11 is 0. The van der Waals surface area contributed by atoms with Gasteiger partial charge < -0.3 is 14.8 Å². The maximum atomic E-state index is 5.69. The van der Waals surface area contributed by atoms with Gasteiger partial charge in [0.05, 0.1) is 18.0 Å². The smallest absolute Gasteiger partial charge is 0.232 e. The molecule has 1 aliphatic heterocycles. The fraction of sp³-hybridized carbons (Fsp3) is 0.733. The molecule has 2 rings (SSSR count). The molecule has 5 heteroatoms. The second-order valence-electron chi connectivity index (χ2n) is 6.25. The number of aromatic nitrogens is 2. The molecule has 112 valence electrons. The van der Waals surface area contributed by atoms with E-state index < -0.39 is 0 Å². The van der Waals surface area contributed by atoms with Crippen LogP contribution in [0.2, 0.25) is 0 Å². The molecule has 1 aromatic rings. The summed E-state index contributed by atoms with van der Waals surface area (Å²) in [6.45, 7) is 8.47. The van der Waals surface area contributed by atoms with Crippen LogP contribution in [0.1, 0.15) is 45.7 Å². The van der Waals surface area contributed by atoms with Gasteiger partial charge in [0, 0.05) is 24.9 Å². The van der Waals surface area contributed by atoms with Crippen molar-refractivity contribution in [3.63, 3.8) is 0 Å². The molecule has 0 saturated carbocycles. The Morgan fingerprint density at radius 1 is 1.35 bits per heavy atom. The molecular weight excluding hydrogens is 254 g/mol. The van der Waals surface area contributed by atoms with Crippen molar-refractivity contribution in [3.05, 3.63) is 18.1 Å². The van der Waals surface area contributed by atoms with Gasteiger partial charge in [0.25, 0.3) is 0 Å². The Bertz CT molecular complexity index is 412. The van der Waals surface area contributed by atoms with Crippen molar-refractivity contribution >= 4 is 0 Å². The molecule has 1 fully saturated rings. The second-order valence-corrected chi connectivity index (χ2v) is 6.25. The third-order valence-electron chi connectivity index (χ3n) is 3.15. The first kappa shape index (κ1) is 15.2. The number of nitrogens with zero attached hydrogens (tertiary/aromatic N) is 2. The van der Waals surface area contributed by atoms with Crippen molar-refractivity contribution in [1.82, 2.24) is 15.3 Å². The first-order chi connectivity index (χ1) is 9.53. The summed E-state index contributed by atoms with van der Waals surface area (Å²) in [4.78, 5) is 8.64. The highest BCUT2D eigenvalue weighted by molar-refractivity contribution is 5.08. The minimum atomic E-state index is 0.0640. The van der Waals surface area contributed by atoms with Crippen LogP contribution in [0, 0.1) is 0 Å². The van der Waals surface area contributed by atoms with Crippen molar-refractivity contribution < 1.29 is 9.47 Å². The third kappa shape index (κ3) is 5.43. The van der Waals surface area contributed by atoms with Crippen LogP contribution in [0.3, 0.4) is 0 Å². The van der Waals surface area contributed by atoms with E-state index in [1.807, 2.05) is 0 Å². The minimum absolute atomic E-state index is 0.0640. The SMILES string of the molecule is CC(C)(C)NCc1cncc(OCC2CCCCO2)n1. The van der Waals surface area contributed by atoms with E-state index in [2.05, 4.69) is 36.1 Å². The lowest BCUT2D eigenvalue weighted by Gasteiger charge is -2.22. The highest BCUT2D eigenvalue weighted by atomic mass is 16.5. The van der Waals surface area contributed by atoms with Crippen molar-refractivity contribution in [3.8, 4) is 5.88 Å². The van der Waals surface area contributed by atoms with Crippen LogP contribution in [-0.2, 0) is 11.3 Å². The van der Waals surface area contributed by atoms with Gasteiger partial charge in [-0.15, -0.1) is 0 Å². The van der Waals surface area contributed by atoms with Crippen molar-refractivity contribution in [2.75, 3.05) is 13.2 Å². The molecule has 0 spiro atoms. The van der Waals surface area contributed by atoms with Gasteiger partial charge in [0.15, 0.2) is 0 Å². The molecular formula is C15H25N3O2. The van der Waals surface area contributed by atoms with E-state index in [4.69, 9.17) is 9.47 Å². The van der Waals surface area contributed by atoms with Crippen molar-refractivity contribution in [2.45, 2.75) is 58.2 Å². The maximum Gasteiger partial charge on any atom is 0.232 e. The fourth-order valence-corrected chi connectivity index (χ4v) is 2.01. The molecule has 1 aliphatic rings. The molecule has 1 unspecified atom stereocenters. The van der Waals surface area contributed by atoms with E-state index in [0.29, 0.717) is 19.0 Å². The average Bonchev–Trinajstić information content (AvgIpc) is 2.44. The lowest BCUT2D eigenvalue weighted by atomic mass is 10.1. The highest BCUT2D eigenvalue weighted by Gasteiger charge is 2.15. The van der Waals surface area contributed by atoms with Crippen LogP contribution in [0.15, 0.2) is 12.4 Å². The summed E-state index contributed by atoms with van der Waals surface area (Å²) in [5.74, 6) is 0.576. The van der Waals surface area contributed by atoms with Gasteiger partial charge in [-0.2, -0.15) is 0 Å². The van der Waals surface area contributed by atoms with Gasteiger partial charge >= 0.3 is 0 Å². The Morgan fingerprint density at radius 2 is 2.20 bits per heavy atom. The van der Waals surface area contributed by atoms with Crippen LogP contribution in [0.5, 0.6) is 5.88 Å². The van der Waals surface area contributed by atoms with Crippen LogP contribution < -0.4 is 10.1 Å². The summed E-state index contributed by atoms with van der Waals surface area (Å²) in [5, 5.41) is 3.39. The number of ether oxygens (including phenoxy) is 2. The molecule has 1 aromatic heterocycles. The normalized spacial score (nSPS) is 19.9. The molecule has 0 aliphatic carbocycles. The van der Waals surface area contributed by atoms with Crippen LogP contribution in [0.25, 0.3) is 0 Å². The Morgan fingerprint density at radius 3 is 2.90 bits per heavy atom. The standard InChI is InChI=1S/C15H25N3O2/c1-15(2,3)17-9-12-8-16-10-14(18-12)20-11-13-6-4-5-7-19-13/h8,10,13,17H,4-7,9,11H2,1-3H3. The zero-order valence-electron chi connectivity index (χ0n) is 12.7. The third-order valence-corrected chi connectivity index (χ3v) is 3.15. The predicted molar refractivity (Wildman–Crippen MR) is 77.7 cm³/mol. The van der Waals surface area contributed by atoms with Gasteiger partial charge in [0.2, 0.25) is 5.88 Å². The molecule has 2 heterocycles.